The average molecular weight is 262 g/mol. The second-order valence-corrected chi connectivity index (χ2v) is 5.51. The summed E-state index contributed by atoms with van der Waals surface area (Å²) < 4.78 is 6.44. The first-order valence-electron chi connectivity index (χ1n) is 6.02. The van der Waals surface area contributed by atoms with Crippen LogP contribution in [0.1, 0.15) is 18.4 Å². The van der Waals surface area contributed by atoms with Crippen molar-refractivity contribution in [1.29, 1.82) is 0 Å². The maximum Gasteiger partial charge on any atom is 0.255 e. The van der Waals surface area contributed by atoms with Crippen LogP contribution in [0.25, 0.3) is 10.2 Å². The van der Waals surface area contributed by atoms with Gasteiger partial charge in [0.05, 0.1) is 10.2 Å². The highest BCUT2D eigenvalue weighted by atomic mass is 32.1. The molecule has 1 fully saturated rings. The maximum absolute atomic E-state index is 11.9. The Bertz CT molecular complexity index is 588. The van der Waals surface area contributed by atoms with Crippen LogP contribution in [0.5, 0.6) is 0 Å². The summed E-state index contributed by atoms with van der Waals surface area (Å²) in [5, 5.41) is 3.49. The van der Waals surface area contributed by atoms with E-state index in [1.165, 1.54) is 16.9 Å². The highest BCUT2D eigenvalue weighted by Gasteiger charge is 2.24. The fourth-order valence-corrected chi connectivity index (χ4v) is 3.02. The zero-order valence-electron chi connectivity index (χ0n) is 10.1. The van der Waals surface area contributed by atoms with E-state index >= 15 is 0 Å². The summed E-state index contributed by atoms with van der Waals surface area (Å²) in [6.07, 6.45) is 1.45. The molecule has 0 saturated carbocycles. The van der Waals surface area contributed by atoms with Gasteiger partial charge in [-0.15, -0.1) is 0 Å². The lowest BCUT2D eigenvalue weighted by Gasteiger charge is -2.07. The maximum atomic E-state index is 11.9. The zero-order valence-corrected chi connectivity index (χ0v) is 10.9. The lowest BCUT2D eigenvalue weighted by Crippen LogP contribution is -2.26. The van der Waals surface area contributed by atoms with Crippen LogP contribution in [-0.2, 0) is 9.53 Å². The smallest absolute Gasteiger partial charge is 0.255 e. The first-order chi connectivity index (χ1) is 8.72. The Hall–Kier alpha value is -1.46. The number of amides is 1. The van der Waals surface area contributed by atoms with Gasteiger partial charge < -0.3 is 4.74 Å². The van der Waals surface area contributed by atoms with E-state index < -0.39 is 0 Å². The zero-order chi connectivity index (χ0) is 12.5. The minimum atomic E-state index is -0.307. The van der Waals surface area contributed by atoms with E-state index in [-0.39, 0.29) is 12.0 Å². The predicted molar refractivity (Wildman–Crippen MR) is 72.0 cm³/mol. The molecular weight excluding hydrogens is 248 g/mol. The van der Waals surface area contributed by atoms with E-state index in [2.05, 4.69) is 16.4 Å². The minimum absolute atomic E-state index is 0.0803. The third-order valence-electron chi connectivity index (χ3n) is 3.00. The molecule has 1 N–H and O–H groups in total. The monoisotopic (exact) mass is 262 g/mol. The number of fused-ring (bicyclic) bond motifs is 1. The molecular formula is C13H14N2O2S. The number of rotatable bonds is 2. The molecule has 18 heavy (non-hydrogen) atoms. The number of hydrogen-bond acceptors (Lipinski definition) is 4. The molecule has 2 heterocycles. The van der Waals surface area contributed by atoms with Crippen molar-refractivity contribution < 1.29 is 9.53 Å². The molecule has 3 rings (SSSR count). The highest BCUT2D eigenvalue weighted by Crippen LogP contribution is 2.27. The molecule has 1 atom stereocenters. The van der Waals surface area contributed by atoms with Gasteiger partial charge in [0.15, 0.2) is 5.13 Å². The predicted octanol–water partition coefficient (Wildman–Crippen LogP) is 2.72. The molecule has 0 bridgehead atoms. The van der Waals surface area contributed by atoms with Crippen molar-refractivity contribution in [3.05, 3.63) is 23.8 Å². The van der Waals surface area contributed by atoms with Crippen molar-refractivity contribution in [2.45, 2.75) is 25.9 Å². The van der Waals surface area contributed by atoms with Crippen molar-refractivity contribution in [1.82, 2.24) is 4.98 Å². The number of carbonyl (C=O) groups excluding carboxylic acids is 1. The lowest BCUT2D eigenvalue weighted by molar-refractivity contribution is -0.124. The van der Waals surface area contributed by atoms with Crippen molar-refractivity contribution >= 4 is 32.6 Å². The van der Waals surface area contributed by atoms with Crippen LogP contribution in [0.2, 0.25) is 0 Å². The second kappa shape index (κ2) is 4.66. The van der Waals surface area contributed by atoms with Gasteiger partial charge >= 0.3 is 0 Å². The molecule has 1 aliphatic rings. The van der Waals surface area contributed by atoms with Gasteiger partial charge in [0.25, 0.3) is 5.91 Å². The number of anilines is 1. The summed E-state index contributed by atoms with van der Waals surface area (Å²) in [5.74, 6) is -0.0803. The number of nitrogens with one attached hydrogen (secondary N) is 1. The van der Waals surface area contributed by atoms with E-state index in [0.717, 1.165) is 23.1 Å². The molecule has 1 aromatic carbocycles. The Morgan fingerprint density at radius 2 is 2.44 bits per heavy atom. The van der Waals surface area contributed by atoms with Crippen LogP contribution < -0.4 is 5.32 Å². The van der Waals surface area contributed by atoms with Crippen LogP contribution in [0.15, 0.2) is 18.2 Å². The van der Waals surface area contributed by atoms with Gasteiger partial charge in [-0.3, -0.25) is 10.1 Å². The third kappa shape index (κ3) is 2.23. The summed E-state index contributed by atoms with van der Waals surface area (Å²) in [6, 6.07) is 6.07. The molecule has 1 saturated heterocycles. The minimum Gasteiger partial charge on any atom is -0.368 e. The van der Waals surface area contributed by atoms with Crippen LogP contribution >= 0.6 is 11.3 Å². The van der Waals surface area contributed by atoms with E-state index in [4.69, 9.17) is 4.74 Å². The van der Waals surface area contributed by atoms with E-state index in [0.29, 0.717) is 11.7 Å². The van der Waals surface area contributed by atoms with E-state index in [1.807, 2.05) is 19.1 Å². The van der Waals surface area contributed by atoms with Crippen LogP contribution in [0.3, 0.4) is 0 Å². The molecule has 1 unspecified atom stereocenters. The number of hydrogen-bond donors (Lipinski definition) is 1. The molecule has 1 aliphatic heterocycles. The normalized spacial score (nSPS) is 19.3. The molecule has 0 spiro atoms. The van der Waals surface area contributed by atoms with Gasteiger partial charge in [0.2, 0.25) is 0 Å². The number of aryl methyl sites for hydroxylation is 1. The third-order valence-corrected chi connectivity index (χ3v) is 3.93. The molecule has 0 aliphatic carbocycles. The van der Waals surface area contributed by atoms with Gasteiger partial charge in [-0.05, 0) is 37.5 Å². The second-order valence-electron chi connectivity index (χ2n) is 4.48. The van der Waals surface area contributed by atoms with Gasteiger partial charge in [-0.2, -0.15) is 0 Å². The SMILES string of the molecule is Cc1ccc2nc(NC(=O)C3CCCO3)sc2c1. The first-order valence-corrected chi connectivity index (χ1v) is 6.84. The van der Waals surface area contributed by atoms with Gasteiger partial charge in [0.1, 0.15) is 6.10 Å². The molecule has 1 amide bonds. The Morgan fingerprint density at radius 3 is 3.22 bits per heavy atom. The Morgan fingerprint density at radius 1 is 1.56 bits per heavy atom. The number of thiazole rings is 1. The van der Waals surface area contributed by atoms with E-state index in [1.54, 1.807) is 0 Å². The van der Waals surface area contributed by atoms with Crippen molar-refractivity contribution in [2.75, 3.05) is 11.9 Å². The number of benzene rings is 1. The van der Waals surface area contributed by atoms with Crippen LogP contribution in [0.4, 0.5) is 5.13 Å². The van der Waals surface area contributed by atoms with Crippen molar-refractivity contribution in [2.24, 2.45) is 0 Å². The Labute approximate surface area is 109 Å². The number of aromatic nitrogens is 1. The number of carbonyl (C=O) groups is 1. The summed E-state index contributed by atoms with van der Waals surface area (Å²) in [5.41, 5.74) is 2.12. The highest BCUT2D eigenvalue weighted by molar-refractivity contribution is 7.22. The quantitative estimate of drug-likeness (QED) is 0.905. The van der Waals surface area contributed by atoms with Gasteiger partial charge in [-0.25, -0.2) is 4.98 Å². The van der Waals surface area contributed by atoms with Crippen molar-refractivity contribution in [3.8, 4) is 0 Å². The number of nitrogens with zero attached hydrogens (tertiary/aromatic N) is 1. The summed E-state index contributed by atoms with van der Waals surface area (Å²) in [6.45, 7) is 2.72. The van der Waals surface area contributed by atoms with Gasteiger partial charge in [0, 0.05) is 6.61 Å². The fourth-order valence-electron chi connectivity index (χ4n) is 2.06. The van der Waals surface area contributed by atoms with E-state index in [9.17, 15) is 4.79 Å². The topological polar surface area (TPSA) is 51.2 Å². The Balaban J connectivity index is 1.79. The summed E-state index contributed by atoms with van der Waals surface area (Å²) in [7, 11) is 0. The first kappa shape index (κ1) is 11.6. The molecule has 94 valence electrons. The van der Waals surface area contributed by atoms with Gasteiger partial charge in [-0.1, -0.05) is 17.4 Å². The molecule has 4 nitrogen and oxygen atoms in total. The van der Waals surface area contributed by atoms with Crippen LogP contribution in [-0.4, -0.2) is 23.6 Å². The largest absolute Gasteiger partial charge is 0.368 e. The lowest BCUT2D eigenvalue weighted by atomic mass is 10.2. The van der Waals surface area contributed by atoms with Crippen LogP contribution in [0, 0.1) is 6.92 Å². The summed E-state index contributed by atoms with van der Waals surface area (Å²) in [4.78, 5) is 16.3. The average Bonchev–Trinajstić information content (AvgIpc) is 2.95. The molecule has 2 aromatic rings. The fraction of sp³-hybridized carbons (Fsp3) is 0.385. The Kier molecular flexibility index (Phi) is 3.01. The summed E-state index contributed by atoms with van der Waals surface area (Å²) >= 11 is 1.50. The standard InChI is InChI=1S/C13H14N2O2S/c1-8-4-5-9-11(7-8)18-13(14-9)15-12(16)10-3-2-6-17-10/h4-5,7,10H,2-3,6H2,1H3,(H,14,15,16). The molecule has 1 aromatic heterocycles. The molecule has 5 heteroatoms. The van der Waals surface area contributed by atoms with Crippen molar-refractivity contribution in [3.63, 3.8) is 0 Å². The number of ether oxygens (including phenoxy) is 1. The molecule has 0 radical (unpaired) electrons.